The number of hydrogen-bond acceptors (Lipinski definition) is 3. The lowest BCUT2D eigenvalue weighted by atomic mass is 9.96. The van der Waals surface area contributed by atoms with E-state index in [-0.39, 0.29) is 0 Å². The van der Waals surface area contributed by atoms with Crippen LogP contribution in [0, 0.1) is 0 Å². The Hall–Kier alpha value is -1.59. The second-order valence-corrected chi connectivity index (χ2v) is 4.75. The van der Waals surface area contributed by atoms with Crippen molar-refractivity contribution in [3.63, 3.8) is 0 Å². The molecule has 112 valence electrons. The van der Waals surface area contributed by atoms with E-state index in [0.29, 0.717) is 25.7 Å². The summed E-state index contributed by atoms with van der Waals surface area (Å²) in [6.07, 6.45) is 0. The third-order valence-electron chi connectivity index (χ3n) is 2.88. The molecule has 0 radical (unpaired) electrons. The van der Waals surface area contributed by atoms with Crippen molar-refractivity contribution >= 4 is 5.96 Å². The Bertz CT molecular complexity index is 405. The number of nitrogens with zero attached hydrogens (tertiary/aromatic N) is 1. The SMILES string of the molecule is CCNC(=NCC(C)(O)c1ccccc1)NCCOC. The molecule has 0 fully saturated rings. The first-order chi connectivity index (χ1) is 9.60. The molecule has 20 heavy (non-hydrogen) atoms. The zero-order valence-electron chi connectivity index (χ0n) is 12.5. The Morgan fingerprint density at radius 1 is 1.30 bits per heavy atom. The number of guanidine groups is 1. The van der Waals surface area contributed by atoms with Crippen molar-refractivity contribution in [3.05, 3.63) is 35.9 Å². The van der Waals surface area contributed by atoms with Gasteiger partial charge in [-0.2, -0.15) is 0 Å². The van der Waals surface area contributed by atoms with Crippen LogP contribution < -0.4 is 10.6 Å². The fourth-order valence-corrected chi connectivity index (χ4v) is 1.73. The molecule has 0 aromatic heterocycles. The number of hydrogen-bond donors (Lipinski definition) is 3. The highest BCUT2D eigenvalue weighted by Gasteiger charge is 2.22. The van der Waals surface area contributed by atoms with E-state index < -0.39 is 5.60 Å². The van der Waals surface area contributed by atoms with Gasteiger partial charge in [0.25, 0.3) is 0 Å². The molecular formula is C15H25N3O2. The van der Waals surface area contributed by atoms with Crippen molar-refractivity contribution in [2.24, 2.45) is 4.99 Å². The third-order valence-corrected chi connectivity index (χ3v) is 2.88. The minimum atomic E-state index is -0.981. The van der Waals surface area contributed by atoms with E-state index in [1.165, 1.54) is 0 Å². The molecule has 1 unspecified atom stereocenters. The van der Waals surface area contributed by atoms with E-state index in [1.54, 1.807) is 14.0 Å². The summed E-state index contributed by atoms with van der Waals surface area (Å²) in [5.74, 6) is 0.681. The first-order valence-electron chi connectivity index (χ1n) is 6.89. The Morgan fingerprint density at radius 2 is 2.00 bits per heavy atom. The normalized spacial score (nSPS) is 14.7. The second kappa shape index (κ2) is 8.55. The molecule has 0 bridgehead atoms. The molecule has 5 heteroatoms. The summed E-state index contributed by atoms with van der Waals surface area (Å²) in [5, 5.41) is 16.8. The van der Waals surface area contributed by atoms with Crippen molar-refractivity contribution in [1.82, 2.24) is 10.6 Å². The molecule has 0 aliphatic heterocycles. The summed E-state index contributed by atoms with van der Waals surface area (Å²) < 4.78 is 4.99. The fraction of sp³-hybridized carbons (Fsp3) is 0.533. The van der Waals surface area contributed by atoms with Crippen LogP contribution in [-0.2, 0) is 10.3 Å². The second-order valence-electron chi connectivity index (χ2n) is 4.75. The van der Waals surface area contributed by atoms with Gasteiger partial charge in [-0.15, -0.1) is 0 Å². The molecule has 1 aromatic rings. The minimum absolute atomic E-state index is 0.291. The molecule has 0 aliphatic carbocycles. The number of ether oxygens (including phenoxy) is 1. The van der Waals surface area contributed by atoms with Crippen LogP contribution in [0.2, 0.25) is 0 Å². The van der Waals surface area contributed by atoms with E-state index in [0.717, 1.165) is 12.1 Å². The summed E-state index contributed by atoms with van der Waals surface area (Å²) in [6, 6.07) is 9.56. The summed E-state index contributed by atoms with van der Waals surface area (Å²) in [4.78, 5) is 4.42. The first kappa shape index (κ1) is 16.5. The molecule has 0 saturated heterocycles. The molecule has 1 rings (SSSR count). The van der Waals surface area contributed by atoms with Gasteiger partial charge in [-0.25, -0.2) is 4.99 Å². The van der Waals surface area contributed by atoms with E-state index in [1.807, 2.05) is 37.3 Å². The van der Waals surface area contributed by atoms with Gasteiger partial charge in [0, 0.05) is 20.2 Å². The number of nitrogens with one attached hydrogen (secondary N) is 2. The summed E-state index contributed by atoms with van der Waals surface area (Å²) >= 11 is 0. The van der Waals surface area contributed by atoms with Crippen molar-refractivity contribution in [2.45, 2.75) is 19.4 Å². The van der Waals surface area contributed by atoms with E-state index in [9.17, 15) is 5.11 Å². The van der Waals surface area contributed by atoms with Gasteiger partial charge in [-0.05, 0) is 19.4 Å². The maximum atomic E-state index is 10.5. The number of aliphatic hydroxyl groups is 1. The third kappa shape index (κ3) is 5.59. The van der Waals surface area contributed by atoms with Crippen LogP contribution in [-0.4, -0.2) is 44.4 Å². The van der Waals surface area contributed by atoms with Crippen molar-refractivity contribution in [3.8, 4) is 0 Å². The van der Waals surface area contributed by atoms with Crippen LogP contribution in [0.3, 0.4) is 0 Å². The largest absolute Gasteiger partial charge is 0.384 e. The molecule has 0 amide bonds. The maximum absolute atomic E-state index is 10.5. The van der Waals surface area contributed by atoms with Gasteiger partial charge in [0.05, 0.1) is 13.2 Å². The van der Waals surface area contributed by atoms with Gasteiger partial charge in [0.15, 0.2) is 5.96 Å². The molecule has 3 N–H and O–H groups in total. The molecule has 5 nitrogen and oxygen atoms in total. The van der Waals surface area contributed by atoms with Crippen molar-refractivity contribution in [1.29, 1.82) is 0 Å². The number of methoxy groups -OCH3 is 1. The average molecular weight is 279 g/mol. The van der Waals surface area contributed by atoms with Crippen LogP contribution in [0.1, 0.15) is 19.4 Å². The minimum Gasteiger partial charge on any atom is -0.384 e. The highest BCUT2D eigenvalue weighted by Crippen LogP contribution is 2.20. The first-order valence-corrected chi connectivity index (χ1v) is 6.89. The van der Waals surface area contributed by atoms with Gasteiger partial charge < -0.3 is 20.5 Å². The molecule has 0 heterocycles. The predicted molar refractivity (Wildman–Crippen MR) is 81.9 cm³/mol. The summed E-state index contributed by atoms with van der Waals surface area (Å²) in [5.41, 5.74) is -0.123. The Kier molecular flexibility index (Phi) is 7.04. The standard InChI is InChI=1S/C15H25N3O2/c1-4-16-14(17-10-11-20-3)18-12-15(2,19)13-8-6-5-7-9-13/h5-9,19H,4,10-12H2,1-3H3,(H2,16,17,18). The van der Waals surface area contributed by atoms with Crippen molar-refractivity contribution < 1.29 is 9.84 Å². The van der Waals surface area contributed by atoms with Gasteiger partial charge >= 0.3 is 0 Å². The Labute approximate surface area is 121 Å². The van der Waals surface area contributed by atoms with Crippen LogP contribution in [0.5, 0.6) is 0 Å². The van der Waals surface area contributed by atoms with E-state index in [4.69, 9.17) is 4.74 Å². The molecular weight excluding hydrogens is 254 g/mol. The Balaban J connectivity index is 2.65. The molecule has 1 aromatic carbocycles. The topological polar surface area (TPSA) is 65.9 Å². The smallest absolute Gasteiger partial charge is 0.191 e. The quantitative estimate of drug-likeness (QED) is 0.397. The van der Waals surface area contributed by atoms with Gasteiger partial charge in [-0.3, -0.25) is 0 Å². The maximum Gasteiger partial charge on any atom is 0.191 e. The summed E-state index contributed by atoms with van der Waals surface area (Å²) in [6.45, 7) is 6.12. The van der Waals surface area contributed by atoms with Crippen LogP contribution in [0.15, 0.2) is 35.3 Å². The fourth-order valence-electron chi connectivity index (χ4n) is 1.73. The zero-order valence-corrected chi connectivity index (χ0v) is 12.5. The number of rotatable bonds is 7. The highest BCUT2D eigenvalue weighted by atomic mass is 16.5. The van der Waals surface area contributed by atoms with Crippen LogP contribution in [0.4, 0.5) is 0 Å². The lowest BCUT2D eigenvalue weighted by Crippen LogP contribution is -2.40. The highest BCUT2D eigenvalue weighted by molar-refractivity contribution is 5.79. The van der Waals surface area contributed by atoms with Gasteiger partial charge in [0.1, 0.15) is 5.60 Å². The summed E-state index contributed by atoms with van der Waals surface area (Å²) in [7, 11) is 1.66. The zero-order chi connectivity index (χ0) is 14.8. The molecule has 1 atom stereocenters. The van der Waals surface area contributed by atoms with Crippen LogP contribution >= 0.6 is 0 Å². The van der Waals surface area contributed by atoms with E-state index >= 15 is 0 Å². The molecule has 0 aliphatic rings. The Morgan fingerprint density at radius 3 is 2.60 bits per heavy atom. The van der Waals surface area contributed by atoms with Gasteiger partial charge in [-0.1, -0.05) is 30.3 Å². The number of benzene rings is 1. The van der Waals surface area contributed by atoms with E-state index in [2.05, 4.69) is 15.6 Å². The molecule has 0 spiro atoms. The van der Waals surface area contributed by atoms with Crippen molar-refractivity contribution in [2.75, 3.05) is 33.4 Å². The molecule has 0 saturated carbocycles. The predicted octanol–water partition coefficient (Wildman–Crippen LogP) is 1.10. The lowest BCUT2D eigenvalue weighted by Gasteiger charge is -2.22. The average Bonchev–Trinajstić information content (AvgIpc) is 2.46. The van der Waals surface area contributed by atoms with Crippen LogP contribution in [0.25, 0.3) is 0 Å². The monoisotopic (exact) mass is 279 g/mol. The van der Waals surface area contributed by atoms with Gasteiger partial charge in [0.2, 0.25) is 0 Å². The number of aliphatic imine (C=N–C) groups is 1. The lowest BCUT2D eigenvalue weighted by molar-refractivity contribution is 0.0672.